The SMILES string of the molecule is NC(=S)NC(c1ccccc1)C1(NCC(=O)O)CC1C(=O)O. The normalized spacial score (nSPS) is 24.3. The molecule has 0 aliphatic heterocycles. The summed E-state index contributed by atoms with van der Waals surface area (Å²) in [7, 11) is 0. The minimum absolute atomic E-state index is 0.0291. The van der Waals surface area contributed by atoms with Crippen LogP contribution < -0.4 is 16.4 Å². The molecule has 1 aromatic carbocycles. The highest BCUT2D eigenvalue weighted by Crippen LogP contribution is 2.52. The Kier molecular flexibility index (Phi) is 4.62. The van der Waals surface area contributed by atoms with Gasteiger partial charge in [-0.15, -0.1) is 0 Å². The quantitative estimate of drug-likeness (QED) is 0.447. The Hall–Kier alpha value is -2.19. The number of aliphatic carboxylic acids is 2. The van der Waals surface area contributed by atoms with Gasteiger partial charge in [0.25, 0.3) is 0 Å². The first kappa shape index (κ1) is 16.2. The van der Waals surface area contributed by atoms with Crippen LogP contribution in [0.1, 0.15) is 18.0 Å². The average Bonchev–Trinajstić information content (AvgIpc) is 3.19. The highest BCUT2D eigenvalue weighted by atomic mass is 32.1. The van der Waals surface area contributed by atoms with Crippen LogP contribution in [0.2, 0.25) is 0 Å². The number of carboxylic acid groups (broad SMARTS) is 2. The van der Waals surface area contributed by atoms with E-state index in [0.717, 1.165) is 5.56 Å². The summed E-state index contributed by atoms with van der Waals surface area (Å²) in [6.07, 6.45) is 0.296. The maximum atomic E-state index is 11.4. The van der Waals surface area contributed by atoms with Crippen LogP contribution in [-0.4, -0.2) is 39.3 Å². The summed E-state index contributed by atoms with van der Waals surface area (Å²) in [5.41, 5.74) is 5.41. The number of rotatable bonds is 7. The lowest BCUT2D eigenvalue weighted by Crippen LogP contribution is -2.50. The number of nitrogens with one attached hydrogen (secondary N) is 2. The van der Waals surface area contributed by atoms with Crippen molar-refractivity contribution < 1.29 is 19.8 Å². The van der Waals surface area contributed by atoms with E-state index < -0.39 is 29.4 Å². The zero-order valence-corrected chi connectivity index (χ0v) is 12.5. The first-order valence-electron chi connectivity index (χ1n) is 6.67. The van der Waals surface area contributed by atoms with Gasteiger partial charge in [-0.2, -0.15) is 0 Å². The number of hydrogen-bond acceptors (Lipinski definition) is 4. The van der Waals surface area contributed by atoms with Crippen LogP contribution in [0.5, 0.6) is 0 Å². The van der Waals surface area contributed by atoms with Crippen molar-refractivity contribution in [3.63, 3.8) is 0 Å². The van der Waals surface area contributed by atoms with Crippen molar-refractivity contribution in [1.82, 2.24) is 10.6 Å². The van der Waals surface area contributed by atoms with E-state index >= 15 is 0 Å². The number of carbonyl (C=O) groups is 2. The molecular weight excluding hydrogens is 306 g/mol. The largest absolute Gasteiger partial charge is 0.481 e. The monoisotopic (exact) mass is 323 g/mol. The fraction of sp³-hybridized carbons (Fsp3) is 0.357. The van der Waals surface area contributed by atoms with Crippen LogP contribution in [0.4, 0.5) is 0 Å². The summed E-state index contributed by atoms with van der Waals surface area (Å²) in [4.78, 5) is 22.2. The van der Waals surface area contributed by atoms with Crippen molar-refractivity contribution in [1.29, 1.82) is 0 Å². The van der Waals surface area contributed by atoms with E-state index in [1.807, 2.05) is 30.3 Å². The van der Waals surface area contributed by atoms with Gasteiger partial charge < -0.3 is 21.3 Å². The molecule has 0 spiro atoms. The third-order valence-electron chi connectivity index (χ3n) is 3.81. The van der Waals surface area contributed by atoms with Gasteiger partial charge in [0.05, 0.1) is 24.0 Å². The van der Waals surface area contributed by atoms with Gasteiger partial charge in [-0.1, -0.05) is 30.3 Å². The van der Waals surface area contributed by atoms with E-state index in [-0.39, 0.29) is 11.7 Å². The molecule has 1 fully saturated rings. The molecule has 0 radical (unpaired) electrons. The topological polar surface area (TPSA) is 125 Å². The fourth-order valence-electron chi connectivity index (χ4n) is 2.74. The molecule has 1 aliphatic rings. The number of nitrogens with two attached hydrogens (primary N) is 1. The molecule has 2 rings (SSSR count). The third-order valence-corrected chi connectivity index (χ3v) is 3.92. The van der Waals surface area contributed by atoms with Gasteiger partial charge in [-0.3, -0.25) is 14.9 Å². The second-order valence-electron chi connectivity index (χ2n) is 5.23. The number of thiocarbonyl (C=S) groups is 1. The van der Waals surface area contributed by atoms with Crippen molar-refractivity contribution in [3.05, 3.63) is 35.9 Å². The second kappa shape index (κ2) is 6.29. The molecular formula is C14H17N3O4S. The predicted octanol–water partition coefficient (Wildman–Crippen LogP) is 0.0784. The first-order chi connectivity index (χ1) is 10.4. The Bertz CT molecular complexity index is 595. The zero-order valence-electron chi connectivity index (χ0n) is 11.7. The molecule has 1 saturated carbocycles. The lowest BCUT2D eigenvalue weighted by Gasteiger charge is -2.30. The third kappa shape index (κ3) is 3.34. The van der Waals surface area contributed by atoms with Crippen molar-refractivity contribution in [2.75, 3.05) is 6.54 Å². The highest BCUT2D eigenvalue weighted by molar-refractivity contribution is 7.80. The van der Waals surface area contributed by atoms with Gasteiger partial charge in [0, 0.05) is 0 Å². The Morgan fingerprint density at radius 1 is 1.36 bits per heavy atom. The van der Waals surface area contributed by atoms with Gasteiger partial charge in [0.2, 0.25) is 0 Å². The van der Waals surface area contributed by atoms with Crippen molar-refractivity contribution in [3.8, 4) is 0 Å². The van der Waals surface area contributed by atoms with Crippen molar-refractivity contribution in [2.45, 2.75) is 18.0 Å². The molecule has 0 amide bonds. The Morgan fingerprint density at radius 2 is 2.00 bits per heavy atom. The zero-order chi connectivity index (χ0) is 16.3. The van der Waals surface area contributed by atoms with Gasteiger partial charge in [0.1, 0.15) is 0 Å². The molecule has 0 aromatic heterocycles. The van der Waals surface area contributed by atoms with E-state index in [2.05, 4.69) is 10.6 Å². The van der Waals surface area contributed by atoms with Gasteiger partial charge >= 0.3 is 11.9 Å². The van der Waals surface area contributed by atoms with Crippen LogP contribution in [0.3, 0.4) is 0 Å². The van der Waals surface area contributed by atoms with Crippen LogP contribution in [0, 0.1) is 5.92 Å². The summed E-state index contributed by atoms with van der Waals surface area (Å²) in [5.74, 6) is -2.75. The van der Waals surface area contributed by atoms with Gasteiger partial charge in [-0.05, 0) is 24.2 Å². The molecule has 0 heterocycles. The molecule has 3 unspecified atom stereocenters. The second-order valence-corrected chi connectivity index (χ2v) is 5.67. The predicted molar refractivity (Wildman–Crippen MR) is 83.2 cm³/mol. The number of carboxylic acids is 2. The summed E-state index contributed by atoms with van der Waals surface area (Å²) < 4.78 is 0. The molecule has 6 N–H and O–H groups in total. The molecule has 8 heteroatoms. The van der Waals surface area contributed by atoms with E-state index in [0.29, 0.717) is 6.42 Å². The standard InChI is InChI=1S/C14H17N3O4S/c15-13(22)17-11(8-4-2-1-3-5-8)14(16-7-10(18)19)6-9(14)12(20)21/h1-5,9,11,16H,6-7H2,(H,18,19)(H,20,21)(H3,15,17,22). The Morgan fingerprint density at radius 3 is 2.45 bits per heavy atom. The van der Waals surface area contributed by atoms with E-state index in [4.69, 9.17) is 23.1 Å². The summed E-state index contributed by atoms with van der Waals surface area (Å²) >= 11 is 4.88. The Labute approximate surface area is 132 Å². The van der Waals surface area contributed by atoms with Crippen LogP contribution >= 0.6 is 12.2 Å². The van der Waals surface area contributed by atoms with Crippen molar-refractivity contribution in [2.24, 2.45) is 11.7 Å². The molecule has 22 heavy (non-hydrogen) atoms. The summed E-state index contributed by atoms with van der Waals surface area (Å²) in [5, 5.41) is 24.0. The fourth-order valence-corrected chi connectivity index (χ4v) is 2.86. The maximum Gasteiger partial charge on any atom is 0.317 e. The summed E-state index contributed by atoms with van der Waals surface area (Å²) in [6.45, 7) is -0.341. The lowest BCUT2D eigenvalue weighted by molar-refractivity contribution is -0.140. The van der Waals surface area contributed by atoms with Crippen molar-refractivity contribution >= 4 is 29.3 Å². The number of hydrogen-bond donors (Lipinski definition) is 5. The van der Waals surface area contributed by atoms with Gasteiger partial charge in [-0.25, -0.2) is 0 Å². The molecule has 118 valence electrons. The minimum atomic E-state index is -1.06. The highest BCUT2D eigenvalue weighted by Gasteiger charge is 2.63. The van der Waals surface area contributed by atoms with E-state index in [9.17, 15) is 14.7 Å². The molecule has 0 saturated heterocycles. The lowest BCUT2D eigenvalue weighted by atomic mass is 9.95. The molecule has 3 atom stereocenters. The average molecular weight is 323 g/mol. The molecule has 1 aromatic rings. The van der Waals surface area contributed by atoms with Crippen LogP contribution in [-0.2, 0) is 9.59 Å². The summed E-state index contributed by atoms with van der Waals surface area (Å²) in [6, 6.07) is 8.57. The first-order valence-corrected chi connectivity index (χ1v) is 7.08. The molecule has 0 bridgehead atoms. The van der Waals surface area contributed by atoms with Crippen LogP contribution in [0.15, 0.2) is 30.3 Å². The molecule has 7 nitrogen and oxygen atoms in total. The van der Waals surface area contributed by atoms with Crippen LogP contribution in [0.25, 0.3) is 0 Å². The Balaban J connectivity index is 2.34. The smallest absolute Gasteiger partial charge is 0.317 e. The van der Waals surface area contributed by atoms with E-state index in [1.54, 1.807) is 0 Å². The number of benzene rings is 1. The molecule has 1 aliphatic carbocycles. The van der Waals surface area contributed by atoms with Gasteiger partial charge in [0.15, 0.2) is 5.11 Å². The van der Waals surface area contributed by atoms with E-state index in [1.165, 1.54) is 0 Å². The maximum absolute atomic E-state index is 11.4. The minimum Gasteiger partial charge on any atom is -0.481 e.